The Labute approximate surface area is 118 Å². The predicted molar refractivity (Wildman–Crippen MR) is 42.7 cm³/mol. The molecule has 0 fully saturated rings. The molecule has 0 saturated carbocycles. The fraction of sp³-hybridized carbons (Fsp3) is 0. The van der Waals surface area contributed by atoms with Crippen molar-refractivity contribution in [3.05, 3.63) is 12.3 Å². The third-order valence-corrected chi connectivity index (χ3v) is 2.62. The van der Waals surface area contributed by atoms with Gasteiger partial charge in [-0.05, 0) is 0 Å². The first-order chi connectivity index (χ1) is 5.57. The maximum atomic E-state index is 12.1. The van der Waals surface area contributed by atoms with Crippen molar-refractivity contribution >= 4 is 33.3 Å². The molecule has 2 aromatic rings. The summed E-state index contributed by atoms with van der Waals surface area (Å²) in [6.45, 7) is -4.86. The van der Waals surface area contributed by atoms with Gasteiger partial charge in [0.05, 0.1) is 6.20 Å². The van der Waals surface area contributed by atoms with E-state index in [-0.39, 0.29) is 51.4 Å². The summed E-state index contributed by atoms with van der Waals surface area (Å²) < 4.78 is 35.9. The summed E-state index contributed by atoms with van der Waals surface area (Å²) in [5.41, 5.74) is 0. The van der Waals surface area contributed by atoms with Gasteiger partial charge in [0.15, 0.2) is 0 Å². The Morgan fingerprint density at radius 2 is 2.08 bits per heavy atom. The van der Waals surface area contributed by atoms with Crippen molar-refractivity contribution in [2.45, 2.75) is 0 Å². The monoisotopic (exact) mass is 230 g/mol. The molecule has 2 heterocycles. The third kappa shape index (κ3) is 2.37. The van der Waals surface area contributed by atoms with Gasteiger partial charge in [0, 0.05) is 5.39 Å². The minimum Gasteiger partial charge on any atom is -0.444 e. The molecular formula is C5H3BF3KN2S. The number of aromatic nitrogens is 2. The Balaban J connectivity index is 0.000000845. The van der Waals surface area contributed by atoms with Crippen molar-refractivity contribution in [3.63, 3.8) is 0 Å². The van der Waals surface area contributed by atoms with Gasteiger partial charge in [-0.2, -0.15) is 16.4 Å². The van der Waals surface area contributed by atoms with Crippen LogP contribution in [0, 0.1) is 0 Å². The standard InChI is InChI=1S/C5H3BF3N2S.K/c7-6(8,9)4-1-3-2-10-11-5(3)12-4;/h1-2H,(H,10,11);/q-1;+1. The molecule has 0 bridgehead atoms. The SMILES string of the molecule is F[B-](F)(F)c1cc2cn[nH]c2s1.[K+]. The van der Waals surface area contributed by atoms with Crippen molar-refractivity contribution in [2.75, 3.05) is 0 Å². The van der Waals surface area contributed by atoms with Gasteiger partial charge in [-0.15, -0.1) is 0 Å². The van der Waals surface area contributed by atoms with Crippen LogP contribution in [0.15, 0.2) is 12.3 Å². The van der Waals surface area contributed by atoms with Crippen molar-refractivity contribution in [1.29, 1.82) is 0 Å². The van der Waals surface area contributed by atoms with Crippen LogP contribution in [0.5, 0.6) is 0 Å². The summed E-state index contributed by atoms with van der Waals surface area (Å²) in [4.78, 5) is 0.476. The predicted octanol–water partition coefficient (Wildman–Crippen LogP) is -1.32. The Hall–Kier alpha value is 0.661. The van der Waals surface area contributed by atoms with Crippen LogP contribution in [0.2, 0.25) is 0 Å². The summed E-state index contributed by atoms with van der Waals surface area (Å²) in [5.74, 6) is 0. The van der Waals surface area contributed by atoms with Crippen LogP contribution in [0.25, 0.3) is 10.2 Å². The van der Waals surface area contributed by atoms with E-state index in [1.807, 2.05) is 0 Å². The van der Waals surface area contributed by atoms with Crippen LogP contribution in [-0.2, 0) is 0 Å². The molecule has 0 radical (unpaired) electrons. The van der Waals surface area contributed by atoms with Crippen LogP contribution in [0.4, 0.5) is 12.9 Å². The molecule has 2 aromatic heterocycles. The zero-order valence-electron chi connectivity index (χ0n) is 6.72. The van der Waals surface area contributed by atoms with E-state index in [0.29, 0.717) is 21.6 Å². The summed E-state index contributed by atoms with van der Waals surface area (Å²) in [6, 6.07) is 1.11. The van der Waals surface area contributed by atoms with Crippen molar-refractivity contribution < 1.29 is 64.3 Å². The average molecular weight is 230 g/mol. The zero-order chi connectivity index (χ0) is 8.77. The molecule has 64 valence electrons. The molecule has 0 saturated heterocycles. The largest absolute Gasteiger partial charge is 1.00 e. The van der Waals surface area contributed by atoms with E-state index in [4.69, 9.17) is 0 Å². The molecule has 2 nitrogen and oxygen atoms in total. The molecular weight excluding hydrogens is 227 g/mol. The molecule has 1 N–H and O–H groups in total. The van der Waals surface area contributed by atoms with E-state index in [1.54, 1.807) is 0 Å². The van der Waals surface area contributed by atoms with E-state index >= 15 is 0 Å². The number of fused-ring (bicyclic) bond motifs is 1. The van der Waals surface area contributed by atoms with E-state index in [9.17, 15) is 12.9 Å². The summed E-state index contributed by atoms with van der Waals surface area (Å²) >= 11 is 0.696. The molecule has 0 unspecified atom stereocenters. The Bertz CT molecular complexity index is 380. The number of thiophene rings is 1. The van der Waals surface area contributed by atoms with Crippen molar-refractivity contribution in [3.8, 4) is 0 Å². The minimum absolute atomic E-state index is 0. The molecule has 0 aliphatic carbocycles. The van der Waals surface area contributed by atoms with E-state index in [0.717, 1.165) is 6.07 Å². The van der Waals surface area contributed by atoms with Gasteiger partial charge in [0.25, 0.3) is 0 Å². The maximum Gasteiger partial charge on any atom is 1.00 e. The smallest absolute Gasteiger partial charge is 0.444 e. The second kappa shape index (κ2) is 4.03. The van der Waals surface area contributed by atoms with Gasteiger partial charge in [0.1, 0.15) is 4.83 Å². The molecule has 0 atom stereocenters. The third-order valence-electron chi connectivity index (χ3n) is 1.47. The van der Waals surface area contributed by atoms with Gasteiger partial charge in [-0.25, -0.2) is 0 Å². The second-order valence-corrected chi connectivity index (χ2v) is 3.46. The fourth-order valence-corrected chi connectivity index (χ4v) is 1.81. The van der Waals surface area contributed by atoms with Gasteiger partial charge in [-0.1, -0.05) is 10.8 Å². The molecule has 2 rings (SSSR count). The first kappa shape index (κ1) is 11.7. The van der Waals surface area contributed by atoms with Crippen LogP contribution in [-0.4, -0.2) is 17.2 Å². The van der Waals surface area contributed by atoms with Crippen LogP contribution in [0.3, 0.4) is 0 Å². The minimum atomic E-state index is -4.86. The first-order valence-electron chi connectivity index (χ1n) is 3.20. The molecule has 8 heteroatoms. The topological polar surface area (TPSA) is 28.7 Å². The average Bonchev–Trinajstić information content (AvgIpc) is 2.37. The Kier molecular flexibility index (Phi) is 3.64. The number of nitrogens with one attached hydrogen (secondary N) is 1. The molecule has 0 spiro atoms. The summed E-state index contributed by atoms with van der Waals surface area (Å²) in [6.07, 6.45) is 1.39. The summed E-state index contributed by atoms with van der Waals surface area (Å²) in [7, 11) is 0. The number of rotatable bonds is 1. The Morgan fingerprint density at radius 3 is 2.62 bits per heavy atom. The molecule has 0 aliphatic rings. The van der Waals surface area contributed by atoms with Crippen LogP contribution < -0.4 is 56.2 Å². The van der Waals surface area contributed by atoms with Crippen LogP contribution in [0.1, 0.15) is 0 Å². The molecule has 0 aliphatic heterocycles. The summed E-state index contributed by atoms with van der Waals surface area (Å²) in [5, 5.41) is 6.62. The van der Waals surface area contributed by atoms with Crippen molar-refractivity contribution in [2.24, 2.45) is 0 Å². The number of H-pyrrole nitrogens is 1. The number of nitrogens with zero attached hydrogens (tertiary/aromatic N) is 1. The van der Waals surface area contributed by atoms with Crippen LogP contribution >= 0.6 is 11.3 Å². The quantitative estimate of drug-likeness (QED) is 0.605. The van der Waals surface area contributed by atoms with E-state index in [2.05, 4.69) is 10.2 Å². The van der Waals surface area contributed by atoms with E-state index < -0.39 is 11.8 Å². The molecule has 0 amide bonds. The number of halogens is 3. The van der Waals surface area contributed by atoms with Crippen molar-refractivity contribution in [1.82, 2.24) is 10.2 Å². The zero-order valence-corrected chi connectivity index (χ0v) is 10.7. The normalized spacial score (nSPS) is 11.6. The van der Waals surface area contributed by atoms with Gasteiger partial charge in [-0.3, -0.25) is 5.10 Å². The maximum absolute atomic E-state index is 12.1. The number of hydrogen-bond acceptors (Lipinski definition) is 2. The Morgan fingerprint density at radius 1 is 1.38 bits per heavy atom. The molecule has 0 aromatic carbocycles. The molecule has 13 heavy (non-hydrogen) atoms. The number of hydrogen-bond donors (Lipinski definition) is 1. The number of aromatic amines is 1. The first-order valence-corrected chi connectivity index (χ1v) is 4.02. The van der Waals surface area contributed by atoms with E-state index in [1.165, 1.54) is 6.20 Å². The van der Waals surface area contributed by atoms with Gasteiger partial charge < -0.3 is 12.9 Å². The second-order valence-electron chi connectivity index (χ2n) is 2.38. The van der Waals surface area contributed by atoms with Gasteiger partial charge in [0.2, 0.25) is 0 Å². The fourth-order valence-electron chi connectivity index (χ4n) is 0.930. The van der Waals surface area contributed by atoms with Gasteiger partial charge >= 0.3 is 58.4 Å².